The van der Waals surface area contributed by atoms with Crippen LogP contribution in [-0.4, -0.2) is 29.0 Å². The molecule has 6 heteroatoms. The summed E-state index contributed by atoms with van der Waals surface area (Å²) < 4.78 is 0. The van der Waals surface area contributed by atoms with Crippen LogP contribution >= 0.6 is 11.6 Å². The first-order valence-electron chi connectivity index (χ1n) is 9.34. The highest BCUT2D eigenvalue weighted by Gasteiger charge is 2.08. The number of rotatable bonds is 9. The molecule has 0 unspecified atom stereocenters. The van der Waals surface area contributed by atoms with Crippen LogP contribution in [0.15, 0.2) is 66.9 Å². The van der Waals surface area contributed by atoms with Gasteiger partial charge in [0.25, 0.3) is 5.91 Å². The van der Waals surface area contributed by atoms with E-state index in [4.69, 9.17) is 11.6 Å². The van der Waals surface area contributed by atoms with Crippen molar-refractivity contribution >= 4 is 23.5 Å². The molecule has 0 bridgehead atoms. The van der Waals surface area contributed by atoms with Gasteiger partial charge in [-0.15, -0.1) is 0 Å². The quantitative estimate of drug-likeness (QED) is 0.535. The maximum atomic E-state index is 12.3. The van der Waals surface area contributed by atoms with E-state index in [2.05, 4.69) is 32.7 Å². The smallest absolute Gasteiger partial charge is 0.270 e. The van der Waals surface area contributed by atoms with Gasteiger partial charge in [0.1, 0.15) is 5.69 Å². The highest BCUT2D eigenvalue weighted by atomic mass is 35.5. The molecule has 1 heterocycles. The molecule has 28 heavy (non-hydrogen) atoms. The van der Waals surface area contributed by atoms with Gasteiger partial charge in [0.15, 0.2) is 0 Å². The maximum absolute atomic E-state index is 12.3. The molecule has 0 atom stereocenters. The van der Waals surface area contributed by atoms with Crippen LogP contribution in [0.1, 0.15) is 28.0 Å². The highest BCUT2D eigenvalue weighted by Crippen LogP contribution is 2.11. The number of benzene rings is 2. The molecular formula is C22H23ClN4O. The molecule has 0 spiro atoms. The molecule has 0 aliphatic rings. The second-order valence-corrected chi connectivity index (χ2v) is 6.85. The number of anilines is 1. The Kier molecular flexibility index (Phi) is 7.38. The van der Waals surface area contributed by atoms with E-state index in [-0.39, 0.29) is 5.91 Å². The third-order valence-corrected chi connectivity index (χ3v) is 4.48. The minimum absolute atomic E-state index is 0.187. The normalized spacial score (nSPS) is 10.5. The summed E-state index contributed by atoms with van der Waals surface area (Å²) in [6.07, 6.45) is 4.19. The van der Waals surface area contributed by atoms with Crippen molar-refractivity contribution in [2.45, 2.75) is 19.3 Å². The summed E-state index contributed by atoms with van der Waals surface area (Å²) in [6, 6.07) is 19.6. The first-order chi connectivity index (χ1) is 13.7. The van der Waals surface area contributed by atoms with Gasteiger partial charge in [0, 0.05) is 24.3 Å². The lowest BCUT2D eigenvalue weighted by Crippen LogP contribution is -2.26. The fourth-order valence-electron chi connectivity index (χ4n) is 2.81. The number of aromatic nitrogens is 2. The zero-order valence-corrected chi connectivity index (χ0v) is 16.3. The molecule has 1 aromatic heterocycles. The van der Waals surface area contributed by atoms with E-state index in [0.29, 0.717) is 24.7 Å². The first-order valence-corrected chi connectivity index (χ1v) is 9.72. The standard InChI is InChI=1S/C22H23ClN4O/c23-19-10-4-8-18(16-19)11-14-25-22-26-15-12-20(27-22)21(28)24-13-5-9-17-6-2-1-3-7-17/h1-4,6-8,10,12,15-16H,5,9,11,13-14H2,(H,24,28)(H,25,26,27). The van der Waals surface area contributed by atoms with Crippen LogP contribution < -0.4 is 10.6 Å². The van der Waals surface area contributed by atoms with E-state index in [9.17, 15) is 4.79 Å². The molecule has 0 fully saturated rings. The minimum Gasteiger partial charge on any atom is -0.354 e. The van der Waals surface area contributed by atoms with Gasteiger partial charge in [-0.1, -0.05) is 54.1 Å². The van der Waals surface area contributed by atoms with Gasteiger partial charge < -0.3 is 10.6 Å². The Balaban J connectivity index is 1.43. The molecule has 2 N–H and O–H groups in total. The van der Waals surface area contributed by atoms with Crippen LogP contribution in [0.5, 0.6) is 0 Å². The highest BCUT2D eigenvalue weighted by molar-refractivity contribution is 6.30. The van der Waals surface area contributed by atoms with E-state index in [1.165, 1.54) is 5.56 Å². The van der Waals surface area contributed by atoms with Gasteiger partial charge in [-0.2, -0.15) is 0 Å². The summed E-state index contributed by atoms with van der Waals surface area (Å²) in [6.45, 7) is 1.26. The number of amides is 1. The number of hydrogen-bond donors (Lipinski definition) is 2. The number of nitrogens with zero attached hydrogens (tertiary/aromatic N) is 2. The summed E-state index contributed by atoms with van der Waals surface area (Å²) in [7, 11) is 0. The van der Waals surface area contributed by atoms with Gasteiger partial charge in [-0.05, 0) is 48.6 Å². The predicted molar refractivity (Wildman–Crippen MR) is 113 cm³/mol. The van der Waals surface area contributed by atoms with Crippen molar-refractivity contribution in [1.29, 1.82) is 0 Å². The summed E-state index contributed by atoms with van der Waals surface area (Å²) >= 11 is 5.99. The van der Waals surface area contributed by atoms with Crippen molar-refractivity contribution in [3.63, 3.8) is 0 Å². The molecular weight excluding hydrogens is 372 g/mol. The number of carbonyl (C=O) groups excluding carboxylic acids is 1. The molecule has 0 saturated heterocycles. The Morgan fingerprint density at radius 1 is 0.929 bits per heavy atom. The average Bonchev–Trinajstić information content (AvgIpc) is 2.72. The largest absolute Gasteiger partial charge is 0.354 e. The first kappa shape index (κ1) is 19.8. The lowest BCUT2D eigenvalue weighted by Gasteiger charge is -2.08. The number of aryl methyl sites for hydroxylation is 1. The van der Waals surface area contributed by atoms with Crippen LogP contribution in [0, 0.1) is 0 Å². The van der Waals surface area contributed by atoms with E-state index < -0.39 is 0 Å². The van der Waals surface area contributed by atoms with Gasteiger partial charge in [-0.3, -0.25) is 4.79 Å². The molecule has 0 radical (unpaired) electrons. The van der Waals surface area contributed by atoms with Crippen LogP contribution in [0.25, 0.3) is 0 Å². The van der Waals surface area contributed by atoms with Gasteiger partial charge >= 0.3 is 0 Å². The summed E-state index contributed by atoms with van der Waals surface area (Å²) in [5.41, 5.74) is 2.76. The fraction of sp³-hybridized carbons (Fsp3) is 0.227. The van der Waals surface area contributed by atoms with Crippen molar-refractivity contribution in [1.82, 2.24) is 15.3 Å². The van der Waals surface area contributed by atoms with E-state index in [1.54, 1.807) is 12.3 Å². The molecule has 2 aromatic carbocycles. The monoisotopic (exact) mass is 394 g/mol. The van der Waals surface area contributed by atoms with Crippen LogP contribution in [-0.2, 0) is 12.8 Å². The zero-order chi connectivity index (χ0) is 19.6. The molecule has 0 saturated carbocycles. The van der Waals surface area contributed by atoms with Crippen molar-refractivity contribution < 1.29 is 4.79 Å². The predicted octanol–water partition coefficient (Wildman–Crippen LogP) is 4.15. The SMILES string of the molecule is O=C(NCCCc1ccccc1)c1ccnc(NCCc2cccc(Cl)c2)n1. The molecule has 3 aromatic rings. The van der Waals surface area contributed by atoms with E-state index in [0.717, 1.165) is 29.8 Å². The maximum Gasteiger partial charge on any atom is 0.270 e. The van der Waals surface area contributed by atoms with Crippen LogP contribution in [0.3, 0.4) is 0 Å². The van der Waals surface area contributed by atoms with E-state index in [1.807, 2.05) is 42.5 Å². The Hall–Kier alpha value is -2.92. The lowest BCUT2D eigenvalue weighted by atomic mass is 10.1. The second kappa shape index (κ2) is 10.4. The lowest BCUT2D eigenvalue weighted by molar-refractivity contribution is 0.0948. The topological polar surface area (TPSA) is 66.9 Å². The van der Waals surface area contributed by atoms with Crippen molar-refractivity contribution in [2.75, 3.05) is 18.4 Å². The molecule has 144 valence electrons. The molecule has 3 rings (SSSR count). The Bertz CT molecular complexity index is 902. The van der Waals surface area contributed by atoms with E-state index >= 15 is 0 Å². The van der Waals surface area contributed by atoms with Gasteiger partial charge in [-0.25, -0.2) is 9.97 Å². The Morgan fingerprint density at radius 3 is 2.57 bits per heavy atom. The number of halogens is 1. The molecule has 0 aliphatic carbocycles. The summed E-state index contributed by atoms with van der Waals surface area (Å²) in [4.78, 5) is 20.8. The van der Waals surface area contributed by atoms with Crippen LogP contribution in [0.4, 0.5) is 5.95 Å². The van der Waals surface area contributed by atoms with Gasteiger partial charge in [0.05, 0.1) is 0 Å². The molecule has 5 nitrogen and oxygen atoms in total. The molecule has 1 amide bonds. The third-order valence-electron chi connectivity index (χ3n) is 4.24. The molecule has 0 aliphatic heterocycles. The minimum atomic E-state index is -0.187. The van der Waals surface area contributed by atoms with Gasteiger partial charge in [0.2, 0.25) is 5.95 Å². The average molecular weight is 395 g/mol. The van der Waals surface area contributed by atoms with Crippen LogP contribution in [0.2, 0.25) is 5.02 Å². The Morgan fingerprint density at radius 2 is 1.75 bits per heavy atom. The van der Waals surface area contributed by atoms with Crippen molar-refractivity contribution in [3.05, 3.63) is 88.7 Å². The number of nitrogens with one attached hydrogen (secondary N) is 2. The number of hydrogen-bond acceptors (Lipinski definition) is 4. The summed E-state index contributed by atoms with van der Waals surface area (Å²) in [5, 5.41) is 6.79. The fourth-order valence-corrected chi connectivity index (χ4v) is 3.02. The van der Waals surface area contributed by atoms with Crippen molar-refractivity contribution in [3.8, 4) is 0 Å². The van der Waals surface area contributed by atoms with Crippen molar-refractivity contribution in [2.24, 2.45) is 0 Å². The zero-order valence-electron chi connectivity index (χ0n) is 15.6. The third kappa shape index (κ3) is 6.35. The second-order valence-electron chi connectivity index (χ2n) is 6.42. The Labute approximate surface area is 170 Å². The number of carbonyl (C=O) groups is 1. The summed E-state index contributed by atoms with van der Waals surface area (Å²) in [5.74, 6) is 0.257.